The number of nitriles is 1. The standard InChI is InChI=1S/C2H10N10.3ClHO4.Co/c3-1-2(4)9(5)11(7)12(8)10(2)6;3*2-1(3,4)5;/h4-8H2;3*(H,2,3,4,5);/q;;;;+3/p-3. The zero-order valence-electron chi connectivity index (χ0n) is 12.5. The zero-order chi connectivity index (χ0) is 23.0. The Balaban J connectivity index is -0.000000153. The Hall–Kier alpha value is 0.0265. The van der Waals surface area contributed by atoms with Crippen LogP contribution in [0, 0.1) is 42.1 Å². The second kappa shape index (κ2) is 13.4. The predicted molar refractivity (Wildman–Crippen MR) is 36.6 cm³/mol. The molecule has 0 aliphatic carbocycles. The molecule has 1 rings (SSSR count). The van der Waals surface area contributed by atoms with Crippen molar-refractivity contribution in [1.82, 2.24) is 20.7 Å². The third-order valence-corrected chi connectivity index (χ3v) is 1.51. The van der Waals surface area contributed by atoms with E-state index in [0.29, 0.717) is 20.7 Å². The molecule has 0 saturated carbocycles. The minimum atomic E-state index is -4.94. The van der Waals surface area contributed by atoms with E-state index in [9.17, 15) is 0 Å². The summed E-state index contributed by atoms with van der Waals surface area (Å²) < 4.78 is 102. The van der Waals surface area contributed by atoms with E-state index < -0.39 is 36.5 Å². The molecule has 0 bridgehead atoms. The molecule has 22 nitrogen and oxygen atoms in total. The molecule has 0 aromatic heterocycles. The van der Waals surface area contributed by atoms with Crippen molar-refractivity contribution in [3.63, 3.8) is 0 Å². The summed E-state index contributed by atoms with van der Waals surface area (Å²) >= 11 is 0. The van der Waals surface area contributed by atoms with Crippen molar-refractivity contribution in [2.45, 2.75) is 5.79 Å². The van der Waals surface area contributed by atoms with Gasteiger partial charge in [-0.2, -0.15) is 5.26 Å². The Bertz CT molecular complexity index is 404. The molecule has 1 fully saturated rings. The summed E-state index contributed by atoms with van der Waals surface area (Å²) in [5, 5.41) is 11.4. The van der Waals surface area contributed by atoms with Gasteiger partial charge in [-0.05, 0) is 0 Å². The summed E-state index contributed by atoms with van der Waals surface area (Å²) in [6, 6.07) is 1.64. The maximum absolute atomic E-state index is 8.62. The molecule has 170 valence electrons. The van der Waals surface area contributed by atoms with Crippen LogP contribution in [0.15, 0.2) is 0 Å². The number of nitrogens with zero attached hydrogens (tertiary/aromatic N) is 5. The van der Waals surface area contributed by atoms with Crippen molar-refractivity contribution >= 4 is 0 Å². The normalized spacial score (nSPS) is 18.3. The summed E-state index contributed by atoms with van der Waals surface area (Å²) in [5.74, 6) is 19.3. The van der Waals surface area contributed by atoms with Crippen LogP contribution in [0.1, 0.15) is 0 Å². The summed E-state index contributed by atoms with van der Waals surface area (Å²) in [6.07, 6.45) is 0. The molecule has 1 saturated heterocycles. The van der Waals surface area contributed by atoms with Crippen molar-refractivity contribution in [2.75, 3.05) is 0 Å². The first kappa shape index (κ1) is 35.5. The van der Waals surface area contributed by atoms with Crippen LogP contribution in [-0.2, 0) is 16.8 Å². The Morgan fingerprint density at radius 3 is 0.821 bits per heavy atom. The molecule has 0 aromatic carbocycles. The Labute approximate surface area is 170 Å². The molecule has 0 radical (unpaired) electrons. The zero-order valence-corrected chi connectivity index (χ0v) is 15.8. The van der Waals surface area contributed by atoms with Gasteiger partial charge >= 0.3 is 16.8 Å². The van der Waals surface area contributed by atoms with Gasteiger partial charge in [-0.25, -0.2) is 79.3 Å². The second-order valence-electron chi connectivity index (χ2n) is 3.30. The smallest absolute Gasteiger partial charge is 0.284 e. The fraction of sp³-hybridized carbons (Fsp3) is 0.500. The number of nitrogens with two attached hydrogens (primary N) is 5. The van der Waals surface area contributed by atoms with Crippen LogP contribution in [0.4, 0.5) is 0 Å². The second-order valence-corrected chi connectivity index (χ2v) is 5.57. The maximum Gasteiger partial charge on any atom is 3.00 e. The number of hydrogen-bond acceptors (Lipinski definition) is 22. The van der Waals surface area contributed by atoms with Gasteiger partial charge in [0.25, 0.3) is 5.79 Å². The van der Waals surface area contributed by atoms with Crippen molar-refractivity contribution in [2.24, 2.45) is 29.1 Å². The topological polar surface area (TPSA) is 444 Å². The largest absolute Gasteiger partial charge is 3.00 e. The van der Waals surface area contributed by atoms with Gasteiger partial charge in [-0.15, -0.1) is 30.7 Å². The monoisotopic (exact) mass is 530 g/mol. The van der Waals surface area contributed by atoms with Crippen LogP contribution in [-0.4, -0.2) is 26.5 Å². The number of halogens is 3. The van der Waals surface area contributed by atoms with Gasteiger partial charge in [-0.3, -0.25) is 5.73 Å². The van der Waals surface area contributed by atoms with Crippen LogP contribution >= 0.6 is 0 Å². The van der Waals surface area contributed by atoms with Crippen molar-refractivity contribution in [1.29, 1.82) is 5.26 Å². The van der Waals surface area contributed by atoms with Gasteiger partial charge < -0.3 is 0 Å². The van der Waals surface area contributed by atoms with Gasteiger partial charge in [0.15, 0.2) is 0 Å². The minimum Gasteiger partial charge on any atom is -0.284 e. The summed E-state index contributed by atoms with van der Waals surface area (Å²) in [7, 11) is -14.8. The van der Waals surface area contributed by atoms with Gasteiger partial charge in [-0.1, -0.05) is 20.7 Å². The van der Waals surface area contributed by atoms with Crippen LogP contribution in [0.2, 0.25) is 0 Å². The third kappa shape index (κ3) is 22.3. The first-order valence-electron chi connectivity index (χ1n) is 4.69. The minimum absolute atomic E-state index is 0. The Morgan fingerprint density at radius 1 is 0.607 bits per heavy atom. The average molecular weight is 531 g/mol. The van der Waals surface area contributed by atoms with E-state index in [1.165, 1.54) is 0 Å². The molecule has 28 heavy (non-hydrogen) atoms. The van der Waals surface area contributed by atoms with Gasteiger partial charge in [0.05, 0.1) is 0 Å². The molecule has 1 aliphatic heterocycles. The fourth-order valence-electron chi connectivity index (χ4n) is 0.717. The van der Waals surface area contributed by atoms with Crippen LogP contribution in [0.3, 0.4) is 0 Å². The summed E-state index contributed by atoms with van der Waals surface area (Å²) in [6.45, 7) is 0. The van der Waals surface area contributed by atoms with Crippen LogP contribution < -0.4 is 85.0 Å². The number of rotatable bonds is 0. The summed E-state index contributed by atoms with van der Waals surface area (Å²) in [5.41, 5.74) is 5.42. The van der Waals surface area contributed by atoms with Crippen LogP contribution in [0.25, 0.3) is 0 Å². The van der Waals surface area contributed by atoms with E-state index in [1.54, 1.807) is 6.07 Å². The van der Waals surface area contributed by atoms with Gasteiger partial charge in [0.2, 0.25) is 0 Å². The van der Waals surface area contributed by atoms with Gasteiger partial charge in [0.1, 0.15) is 6.07 Å². The van der Waals surface area contributed by atoms with Gasteiger partial charge in [0, 0.05) is 0 Å². The molecule has 0 unspecified atom stereocenters. The SMILES string of the molecule is N#CC1(N)N(N)N(N)N(N)N1N.[Co+3].[O-][Cl+3]([O-])([O-])[O-].[O-][Cl+3]([O-])([O-])[O-].[O-][Cl+3]([O-])([O-])[O-]. The summed E-state index contributed by atoms with van der Waals surface area (Å²) in [4.78, 5) is 0. The first-order valence-corrected chi connectivity index (χ1v) is 8.40. The molecular weight excluding hydrogens is 521 g/mol. The molecular formula is C2H10Cl3CoN10O12. The predicted octanol–water partition coefficient (Wildman–Crippen LogP) is -18.7. The van der Waals surface area contributed by atoms with Crippen molar-refractivity contribution in [3.8, 4) is 6.07 Å². The van der Waals surface area contributed by atoms with E-state index >= 15 is 0 Å². The Kier molecular flexibility index (Phi) is 16.9. The van der Waals surface area contributed by atoms with Crippen LogP contribution in [0.5, 0.6) is 0 Å². The molecule has 0 amide bonds. The van der Waals surface area contributed by atoms with E-state index in [1.807, 2.05) is 0 Å². The molecule has 0 atom stereocenters. The maximum atomic E-state index is 8.62. The average Bonchev–Trinajstić information content (AvgIpc) is 2.49. The number of hydrogen-bond donors (Lipinski definition) is 5. The quantitative estimate of drug-likeness (QED) is 0.181. The van der Waals surface area contributed by atoms with E-state index in [4.69, 9.17) is 90.3 Å². The van der Waals surface area contributed by atoms with E-state index in [-0.39, 0.29) is 16.8 Å². The Morgan fingerprint density at radius 2 is 0.750 bits per heavy atom. The van der Waals surface area contributed by atoms with Crippen molar-refractivity contribution < 1.29 is 103 Å². The van der Waals surface area contributed by atoms with Crippen molar-refractivity contribution in [3.05, 3.63) is 0 Å². The molecule has 10 N–H and O–H groups in total. The first-order chi connectivity index (χ1) is 11.4. The molecule has 0 aromatic rings. The molecule has 1 heterocycles. The fourth-order valence-corrected chi connectivity index (χ4v) is 0.717. The number of hydrazine groups is 7. The van der Waals surface area contributed by atoms with E-state index in [2.05, 4.69) is 0 Å². The third-order valence-electron chi connectivity index (χ3n) is 1.51. The van der Waals surface area contributed by atoms with E-state index in [0.717, 1.165) is 0 Å². The molecule has 0 spiro atoms. The molecule has 1 aliphatic rings. The molecule has 26 heteroatoms.